The van der Waals surface area contributed by atoms with E-state index in [2.05, 4.69) is 17.2 Å². The molecule has 0 aliphatic rings. The minimum atomic E-state index is -0.894. The van der Waals surface area contributed by atoms with Gasteiger partial charge >= 0.3 is 5.97 Å². The van der Waals surface area contributed by atoms with Gasteiger partial charge in [-0.25, -0.2) is 9.78 Å². The van der Waals surface area contributed by atoms with Crippen LogP contribution in [-0.2, 0) is 0 Å². The molecule has 0 radical (unpaired) electrons. The smallest absolute Gasteiger partial charge is 0.347 e. The van der Waals surface area contributed by atoms with E-state index in [0.717, 1.165) is 13.0 Å². The SMILES string of the molecule is CCCCCCNc1nc(C)c(C(=O)O)s1. The first-order chi connectivity index (χ1) is 7.65. The van der Waals surface area contributed by atoms with Crippen LogP contribution in [-0.4, -0.2) is 22.6 Å². The zero-order valence-electron chi connectivity index (χ0n) is 9.75. The molecule has 0 spiro atoms. The Morgan fingerprint density at radius 2 is 2.19 bits per heavy atom. The number of anilines is 1. The summed E-state index contributed by atoms with van der Waals surface area (Å²) >= 11 is 1.21. The maximum absolute atomic E-state index is 10.8. The van der Waals surface area contributed by atoms with Crippen molar-refractivity contribution < 1.29 is 9.90 Å². The molecule has 5 heteroatoms. The summed E-state index contributed by atoms with van der Waals surface area (Å²) in [6.45, 7) is 4.77. The Hall–Kier alpha value is -1.10. The summed E-state index contributed by atoms with van der Waals surface area (Å²) in [4.78, 5) is 15.3. The fourth-order valence-corrected chi connectivity index (χ4v) is 2.25. The van der Waals surface area contributed by atoms with Gasteiger partial charge in [0.1, 0.15) is 4.88 Å². The van der Waals surface area contributed by atoms with Gasteiger partial charge in [0.2, 0.25) is 0 Å². The third-order valence-electron chi connectivity index (χ3n) is 2.30. The molecule has 0 saturated heterocycles. The molecule has 0 unspecified atom stereocenters. The Bertz CT molecular complexity index is 350. The largest absolute Gasteiger partial charge is 0.477 e. The van der Waals surface area contributed by atoms with Gasteiger partial charge < -0.3 is 10.4 Å². The summed E-state index contributed by atoms with van der Waals surface area (Å²) in [7, 11) is 0. The Balaban J connectivity index is 2.37. The number of nitrogens with one attached hydrogen (secondary N) is 1. The molecule has 2 N–H and O–H groups in total. The third kappa shape index (κ3) is 3.81. The molecule has 0 saturated carbocycles. The maximum Gasteiger partial charge on any atom is 0.347 e. The lowest BCUT2D eigenvalue weighted by atomic mass is 10.2. The number of carbonyl (C=O) groups is 1. The number of aromatic carboxylic acids is 1. The van der Waals surface area contributed by atoms with Gasteiger partial charge in [-0.3, -0.25) is 0 Å². The number of aryl methyl sites for hydroxylation is 1. The Morgan fingerprint density at radius 1 is 1.44 bits per heavy atom. The number of thiazole rings is 1. The minimum absolute atomic E-state index is 0.330. The van der Waals surface area contributed by atoms with Gasteiger partial charge in [-0.15, -0.1) is 0 Å². The zero-order valence-corrected chi connectivity index (χ0v) is 10.6. The average molecular weight is 242 g/mol. The van der Waals surface area contributed by atoms with Crippen LogP contribution in [0, 0.1) is 6.92 Å². The van der Waals surface area contributed by atoms with Gasteiger partial charge in [-0.2, -0.15) is 0 Å². The second-order valence-electron chi connectivity index (χ2n) is 3.73. The maximum atomic E-state index is 10.8. The van der Waals surface area contributed by atoms with E-state index in [9.17, 15) is 4.79 Å². The molecule has 0 aliphatic heterocycles. The highest BCUT2D eigenvalue weighted by atomic mass is 32.1. The molecule has 90 valence electrons. The van der Waals surface area contributed by atoms with Gasteiger partial charge in [-0.05, 0) is 13.3 Å². The van der Waals surface area contributed by atoms with Gasteiger partial charge in [0.25, 0.3) is 0 Å². The number of rotatable bonds is 7. The lowest BCUT2D eigenvalue weighted by Crippen LogP contribution is -2.00. The molecule has 1 heterocycles. The van der Waals surface area contributed by atoms with E-state index in [1.54, 1.807) is 6.92 Å². The van der Waals surface area contributed by atoms with E-state index in [-0.39, 0.29) is 0 Å². The van der Waals surface area contributed by atoms with Gasteiger partial charge in [0.05, 0.1) is 5.69 Å². The van der Waals surface area contributed by atoms with Crippen molar-refractivity contribution in [2.75, 3.05) is 11.9 Å². The first-order valence-corrected chi connectivity index (χ1v) is 6.41. The fourth-order valence-electron chi connectivity index (χ4n) is 1.42. The number of aromatic nitrogens is 1. The van der Waals surface area contributed by atoms with Crippen LogP contribution < -0.4 is 5.32 Å². The van der Waals surface area contributed by atoms with Crippen LogP contribution in [0.4, 0.5) is 5.13 Å². The summed E-state index contributed by atoms with van der Waals surface area (Å²) in [5.74, 6) is -0.894. The quantitative estimate of drug-likeness (QED) is 0.721. The molecular formula is C11H18N2O2S. The van der Waals surface area contributed by atoms with Crippen LogP contribution in [0.25, 0.3) is 0 Å². The molecule has 0 aliphatic carbocycles. The molecule has 16 heavy (non-hydrogen) atoms. The standard InChI is InChI=1S/C11H18N2O2S/c1-3-4-5-6-7-12-11-13-8(2)9(16-11)10(14)15/h3-7H2,1-2H3,(H,12,13)(H,14,15). The van der Waals surface area contributed by atoms with E-state index >= 15 is 0 Å². The summed E-state index contributed by atoms with van der Waals surface area (Å²) in [5, 5.41) is 12.7. The van der Waals surface area contributed by atoms with E-state index in [4.69, 9.17) is 5.11 Å². The number of carboxylic acids is 1. The van der Waals surface area contributed by atoms with Crippen molar-refractivity contribution >= 4 is 22.4 Å². The normalized spacial score (nSPS) is 10.4. The zero-order chi connectivity index (χ0) is 12.0. The van der Waals surface area contributed by atoms with Crippen LogP contribution in [0.5, 0.6) is 0 Å². The van der Waals surface area contributed by atoms with Crippen molar-refractivity contribution in [3.8, 4) is 0 Å². The molecule has 0 amide bonds. The summed E-state index contributed by atoms with van der Waals surface area (Å²) in [6.07, 6.45) is 4.78. The highest BCUT2D eigenvalue weighted by molar-refractivity contribution is 7.17. The van der Waals surface area contributed by atoms with Crippen LogP contribution in [0.15, 0.2) is 0 Å². The van der Waals surface area contributed by atoms with E-state index in [1.165, 1.54) is 30.6 Å². The highest BCUT2D eigenvalue weighted by Crippen LogP contribution is 2.22. The van der Waals surface area contributed by atoms with Crippen molar-refractivity contribution in [3.63, 3.8) is 0 Å². The minimum Gasteiger partial charge on any atom is -0.477 e. The summed E-state index contributed by atoms with van der Waals surface area (Å²) in [6, 6.07) is 0. The second-order valence-corrected chi connectivity index (χ2v) is 4.73. The number of hydrogen-bond acceptors (Lipinski definition) is 4. The molecule has 0 bridgehead atoms. The number of hydrogen-bond donors (Lipinski definition) is 2. The van der Waals surface area contributed by atoms with Crippen molar-refractivity contribution in [1.82, 2.24) is 4.98 Å². The monoisotopic (exact) mass is 242 g/mol. The molecule has 1 rings (SSSR count). The fraction of sp³-hybridized carbons (Fsp3) is 0.636. The van der Waals surface area contributed by atoms with Crippen molar-refractivity contribution in [3.05, 3.63) is 10.6 Å². The van der Waals surface area contributed by atoms with Crippen LogP contribution >= 0.6 is 11.3 Å². The first-order valence-electron chi connectivity index (χ1n) is 5.59. The topological polar surface area (TPSA) is 62.2 Å². The van der Waals surface area contributed by atoms with Crippen molar-refractivity contribution in [1.29, 1.82) is 0 Å². The van der Waals surface area contributed by atoms with Crippen LogP contribution in [0.3, 0.4) is 0 Å². The van der Waals surface area contributed by atoms with Gasteiger partial charge in [0, 0.05) is 6.54 Å². The Kier molecular flexibility index (Phi) is 5.25. The predicted molar refractivity (Wildman–Crippen MR) is 66.4 cm³/mol. The summed E-state index contributed by atoms with van der Waals surface area (Å²) in [5.41, 5.74) is 0.591. The molecule has 1 aromatic rings. The average Bonchev–Trinajstić information content (AvgIpc) is 2.59. The lowest BCUT2D eigenvalue weighted by Gasteiger charge is -2.00. The Labute approximate surface area is 99.7 Å². The third-order valence-corrected chi connectivity index (χ3v) is 3.40. The molecule has 1 aromatic heterocycles. The van der Waals surface area contributed by atoms with E-state index in [1.807, 2.05) is 0 Å². The van der Waals surface area contributed by atoms with Crippen LogP contribution in [0.1, 0.15) is 48.0 Å². The highest BCUT2D eigenvalue weighted by Gasteiger charge is 2.13. The first kappa shape index (κ1) is 13.0. The Morgan fingerprint density at radius 3 is 2.75 bits per heavy atom. The van der Waals surface area contributed by atoms with Crippen LogP contribution in [0.2, 0.25) is 0 Å². The van der Waals surface area contributed by atoms with Crippen molar-refractivity contribution in [2.24, 2.45) is 0 Å². The lowest BCUT2D eigenvalue weighted by molar-refractivity contribution is 0.0701. The number of unbranched alkanes of at least 4 members (excludes halogenated alkanes) is 3. The van der Waals surface area contributed by atoms with Gasteiger partial charge in [0.15, 0.2) is 5.13 Å². The molecular weight excluding hydrogens is 224 g/mol. The summed E-state index contributed by atoms with van der Waals surface area (Å²) < 4.78 is 0. The molecule has 4 nitrogen and oxygen atoms in total. The predicted octanol–water partition coefficient (Wildman–Crippen LogP) is 3.14. The van der Waals surface area contributed by atoms with Crippen molar-refractivity contribution in [2.45, 2.75) is 39.5 Å². The second kappa shape index (κ2) is 6.48. The molecule has 0 aromatic carbocycles. The van der Waals surface area contributed by atoms with Gasteiger partial charge in [-0.1, -0.05) is 37.5 Å². The van der Waals surface area contributed by atoms with E-state index in [0.29, 0.717) is 15.7 Å². The number of nitrogens with zero attached hydrogens (tertiary/aromatic N) is 1. The van der Waals surface area contributed by atoms with E-state index < -0.39 is 5.97 Å². The molecule has 0 atom stereocenters. The number of carboxylic acid groups (broad SMARTS) is 1. The molecule has 0 fully saturated rings.